The molecule has 5 rings (SSSR count). The first-order valence-electron chi connectivity index (χ1n) is 12.2. The van der Waals surface area contributed by atoms with Crippen molar-refractivity contribution in [1.29, 1.82) is 0 Å². The molecule has 4 heteroatoms. The molecule has 5 aromatic rings. The lowest BCUT2D eigenvalue weighted by atomic mass is 9.76. The minimum Gasteiger partial charge on any atom is -0.341 e. The van der Waals surface area contributed by atoms with Crippen molar-refractivity contribution in [3.63, 3.8) is 0 Å². The number of hydrogen-bond donors (Lipinski definition) is 0. The van der Waals surface area contributed by atoms with Crippen LogP contribution in [0.1, 0.15) is 34.0 Å². The van der Waals surface area contributed by atoms with Crippen LogP contribution in [0.3, 0.4) is 0 Å². The van der Waals surface area contributed by atoms with Crippen LogP contribution in [0.15, 0.2) is 140 Å². The average Bonchev–Trinajstić information content (AvgIpc) is 3.47. The number of rotatable bonds is 8. The van der Waals surface area contributed by atoms with Crippen molar-refractivity contribution in [3.8, 4) is 0 Å². The van der Waals surface area contributed by atoms with Gasteiger partial charge in [0.25, 0.3) is 0 Å². The zero-order valence-electron chi connectivity index (χ0n) is 20.0. The monoisotopic (exact) mass is 470 g/mol. The Kier molecular flexibility index (Phi) is 9.31. The molecule has 1 heterocycles. The number of imidazole rings is 1. The van der Waals surface area contributed by atoms with E-state index in [4.69, 9.17) is 7.85 Å². The summed E-state index contributed by atoms with van der Waals surface area (Å²) in [7, 11) is 5.95. The van der Waals surface area contributed by atoms with Gasteiger partial charge in [-0.05, 0) is 28.1 Å². The maximum atomic E-state index is 6.12. The van der Waals surface area contributed by atoms with Crippen molar-refractivity contribution < 1.29 is 0 Å². The highest BCUT2D eigenvalue weighted by molar-refractivity contribution is 6.34. The summed E-state index contributed by atoms with van der Waals surface area (Å²) in [4.78, 5) is 4.12. The van der Waals surface area contributed by atoms with Crippen molar-refractivity contribution in [1.82, 2.24) is 9.55 Å². The Labute approximate surface area is 212 Å². The molecule has 0 aliphatic heterocycles. The lowest BCUT2D eigenvalue weighted by Crippen LogP contribution is -2.09. The van der Waals surface area contributed by atoms with Gasteiger partial charge in [0.05, 0.1) is 14.2 Å². The molecule has 0 fully saturated rings. The molecule has 0 amide bonds. The van der Waals surface area contributed by atoms with Crippen LogP contribution in [0.25, 0.3) is 0 Å². The van der Waals surface area contributed by atoms with E-state index in [1.807, 2.05) is 48.9 Å². The predicted octanol–water partition coefficient (Wildman–Crippen LogP) is 6.20. The summed E-state index contributed by atoms with van der Waals surface area (Å²) in [5.74, 6) is 0.514. The van der Waals surface area contributed by atoms with E-state index in [1.165, 1.54) is 17.2 Å². The fraction of sp³-hybridized carbons (Fsp3) is 0.129. The molecule has 0 unspecified atom stereocenters. The van der Waals surface area contributed by atoms with Crippen molar-refractivity contribution in [2.75, 3.05) is 0 Å². The Hall–Kier alpha value is -3.63. The number of aromatic nitrogens is 2. The zero-order chi connectivity index (χ0) is 24.1. The molecule has 0 atom stereocenters. The second-order valence-corrected chi connectivity index (χ2v) is 10.3. The first kappa shape index (κ1) is 24.5. The van der Waals surface area contributed by atoms with Crippen molar-refractivity contribution in [3.05, 3.63) is 162 Å². The van der Waals surface area contributed by atoms with Gasteiger partial charge in [0.2, 0.25) is 0 Å². The van der Waals surface area contributed by atoms with Crippen LogP contribution >= 0.6 is 0 Å². The summed E-state index contributed by atoms with van der Waals surface area (Å²) in [6.07, 6.45) is 7.01. The van der Waals surface area contributed by atoms with Gasteiger partial charge >= 0.3 is 0 Å². The van der Waals surface area contributed by atoms with Crippen LogP contribution in [0, 0.1) is 0 Å². The molecule has 0 N–H and O–H groups in total. The molecule has 0 aliphatic rings. The minimum absolute atomic E-state index is 0.0163. The second-order valence-electron chi connectivity index (χ2n) is 8.62. The van der Waals surface area contributed by atoms with Crippen LogP contribution in [-0.4, -0.2) is 26.9 Å². The van der Waals surface area contributed by atoms with Crippen LogP contribution < -0.4 is 0 Å². The summed E-state index contributed by atoms with van der Waals surface area (Å²) >= 11 is 0. The maximum absolute atomic E-state index is 6.12. The van der Waals surface area contributed by atoms with E-state index in [2.05, 4.69) is 101 Å². The van der Waals surface area contributed by atoms with Gasteiger partial charge in [0.15, 0.2) is 0 Å². The SMILES string of the molecule is [B]C(c1ccccc1)c1ccccc1.c1ccc(C(C[SiH2]Cn2ccnc2)c2ccccc2)cc1. The molecule has 4 aromatic carbocycles. The molecule has 35 heavy (non-hydrogen) atoms. The molecule has 0 bridgehead atoms. The molecule has 2 radical (unpaired) electrons. The highest BCUT2D eigenvalue weighted by Crippen LogP contribution is 2.28. The van der Waals surface area contributed by atoms with Crippen LogP contribution in [0.5, 0.6) is 0 Å². The highest BCUT2D eigenvalue weighted by Gasteiger charge is 2.13. The third-order valence-electron chi connectivity index (χ3n) is 6.19. The zero-order valence-corrected chi connectivity index (χ0v) is 21.4. The Morgan fingerprint density at radius 3 is 1.46 bits per heavy atom. The first-order valence-corrected chi connectivity index (χ1v) is 14.2. The van der Waals surface area contributed by atoms with Gasteiger partial charge in [0.1, 0.15) is 0 Å². The van der Waals surface area contributed by atoms with Crippen molar-refractivity contribution in [2.24, 2.45) is 0 Å². The standard InChI is InChI=1S/C18H20N2Si.C13H11B/c1-3-7-16(8-4-1)18(17-9-5-2-6-10-17)13-21-15-20-12-11-19-14-20;14-13(11-7-3-1-4-8-11)12-9-5-2-6-10-12/h1-12,14,18H,13,15,21H2;1-10,13H. The van der Waals surface area contributed by atoms with E-state index >= 15 is 0 Å². The van der Waals surface area contributed by atoms with Gasteiger partial charge in [-0.2, -0.15) is 0 Å². The maximum Gasteiger partial charge on any atom is 0.0942 e. The third kappa shape index (κ3) is 7.43. The summed E-state index contributed by atoms with van der Waals surface area (Å²) in [6.45, 7) is 0. The van der Waals surface area contributed by atoms with E-state index in [0.29, 0.717) is 5.92 Å². The largest absolute Gasteiger partial charge is 0.341 e. The topological polar surface area (TPSA) is 17.8 Å². The van der Waals surface area contributed by atoms with Crippen LogP contribution in [0.2, 0.25) is 6.04 Å². The smallest absolute Gasteiger partial charge is 0.0942 e. The van der Waals surface area contributed by atoms with Crippen LogP contribution in [-0.2, 0) is 6.17 Å². The fourth-order valence-electron chi connectivity index (χ4n) is 4.31. The van der Waals surface area contributed by atoms with Gasteiger partial charge in [-0.15, -0.1) is 0 Å². The van der Waals surface area contributed by atoms with E-state index in [-0.39, 0.29) is 15.3 Å². The van der Waals surface area contributed by atoms with Gasteiger partial charge in [-0.1, -0.05) is 127 Å². The lowest BCUT2D eigenvalue weighted by molar-refractivity contribution is 0.844. The Balaban J connectivity index is 0.000000179. The molecule has 0 saturated carbocycles. The molecule has 0 saturated heterocycles. The molecular formula is C31H31BN2Si. The van der Waals surface area contributed by atoms with Gasteiger partial charge in [-0.3, -0.25) is 0 Å². The van der Waals surface area contributed by atoms with E-state index in [0.717, 1.165) is 17.3 Å². The second kappa shape index (κ2) is 13.3. The lowest BCUT2D eigenvalue weighted by Gasteiger charge is -2.18. The number of benzene rings is 4. The van der Waals surface area contributed by atoms with Gasteiger partial charge < -0.3 is 4.57 Å². The molecule has 0 aliphatic carbocycles. The van der Waals surface area contributed by atoms with Crippen LogP contribution in [0.4, 0.5) is 0 Å². The Morgan fingerprint density at radius 1 is 0.629 bits per heavy atom. The minimum atomic E-state index is -0.170. The quantitative estimate of drug-likeness (QED) is 0.247. The Morgan fingerprint density at radius 2 is 1.06 bits per heavy atom. The Bertz CT molecular complexity index is 1140. The third-order valence-corrected chi connectivity index (χ3v) is 8.01. The average molecular weight is 471 g/mol. The van der Waals surface area contributed by atoms with E-state index < -0.39 is 0 Å². The van der Waals surface area contributed by atoms with Gasteiger partial charge in [-0.25, -0.2) is 4.98 Å². The summed E-state index contributed by atoms with van der Waals surface area (Å²) in [6, 6.07) is 43.3. The van der Waals surface area contributed by atoms with Crippen molar-refractivity contribution >= 4 is 17.4 Å². The predicted molar refractivity (Wildman–Crippen MR) is 151 cm³/mol. The fourth-order valence-corrected chi connectivity index (χ4v) is 6.19. The molecular weight excluding hydrogens is 439 g/mol. The van der Waals surface area contributed by atoms with E-state index in [9.17, 15) is 0 Å². The summed E-state index contributed by atoms with van der Waals surface area (Å²) < 4.78 is 2.21. The molecule has 0 spiro atoms. The first-order chi connectivity index (χ1) is 17.3. The molecule has 172 valence electrons. The number of hydrogen-bond acceptors (Lipinski definition) is 1. The van der Waals surface area contributed by atoms with Crippen molar-refractivity contribution in [2.45, 2.75) is 23.9 Å². The normalized spacial score (nSPS) is 11.0. The van der Waals surface area contributed by atoms with Gasteiger partial charge in [0, 0.05) is 34.0 Å². The molecule has 1 aromatic heterocycles. The number of nitrogens with zero attached hydrogens (tertiary/aromatic N) is 2. The molecule has 2 nitrogen and oxygen atoms in total. The highest BCUT2D eigenvalue weighted by atomic mass is 28.2. The summed E-state index contributed by atoms with van der Waals surface area (Å²) in [5.41, 5.74) is 5.17. The summed E-state index contributed by atoms with van der Waals surface area (Å²) in [5, 5.41) is 0. The van der Waals surface area contributed by atoms with E-state index in [1.54, 1.807) is 0 Å².